The summed E-state index contributed by atoms with van der Waals surface area (Å²) in [5, 5.41) is 10.6. The van der Waals surface area contributed by atoms with Crippen LogP contribution in [0.3, 0.4) is 0 Å². The van der Waals surface area contributed by atoms with Gasteiger partial charge in [0.2, 0.25) is 0 Å². The van der Waals surface area contributed by atoms with Crippen LogP contribution in [-0.2, 0) is 0 Å². The van der Waals surface area contributed by atoms with Crippen molar-refractivity contribution in [3.63, 3.8) is 0 Å². The first kappa shape index (κ1) is 14.5. The number of nitrogens with zero attached hydrogens (tertiary/aromatic N) is 2. The Kier molecular flexibility index (Phi) is 4.44. The fourth-order valence-corrected chi connectivity index (χ4v) is 1.92. The van der Waals surface area contributed by atoms with Crippen LogP contribution in [0.25, 0.3) is 17.3 Å². The number of H-pyrrole nitrogens is 1. The molecule has 114 valence electrons. The molecule has 0 bridgehead atoms. The first-order chi connectivity index (χ1) is 11.3. The third-order valence-electron chi connectivity index (χ3n) is 3.02. The highest BCUT2D eigenvalue weighted by Crippen LogP contribution is 2.16. The van der Waals surface area contributed by atoms with Crippen molar-refractivity contribution in [1.29, 1.82) is 0 Å². The lowest BCUT2D eigenvalue weighted by Crippen LogP contribution is -2.17. The van der Waals surface area contributed by atoms with E-state index in [2.05, 4.69) is 20.7 Å². The van der Waals surface area contributed by atoms with Crippen molar-refractivity contribution in [3.05, 3.63) is 72.3 Å². The maximum atomic E-state index is 11.9. The van der Waals surface area contributed by atoms with E-state index in [4.69, 9.17) is 4.42 Å². The average molecular weight is 306 g/mol. The number of hydrazone groups is 1. The van der Waals surface area contributed by atoms with Gasteiger partial charge in [0.15, 0.2) is 0 Å². The molecule has 0 saturated carbocycles. The fraction of sp³-hybridized carbons (Fsp3) is 0. The molecule has 1 aromatic carbocycles. The Morgan fingerprint density at radius 2 is 2.09 bits per heavy atom. The Labute approximate surface area is 132 Å². The molecule has 0 radical (unpaired) electrons. The van der Waals surface area contributed by atoms with E-state index in [9.17, 15) is 4.79 Å². The second kappa shape index (κ2) is 7.04. The molecular weight excluding hydrogens is 292 g/mol. The first-order valence-corrected chi connectivity index (χ1v) is 6.97. The van der Waals surface area contributed by atoms with Gasteiger partial charge in [0, 0.05) is 11.8 Å². The summed E-state index contributed by atoms with van der Waals surface area (Å²) < 4.78 is 5.13. The maximum Gasteiger partial charge on any atom is 0.289 e. The molecule has 2 N–H and O–H groups in total. The third-order valence-corrected chi connectivity index (χ3v) is 3.02. The molecule has 0 aliphatic heterocycles. The van der Waals surface area contributed by atoms with Crippen LogP contribution in [0.5, 0.6) is 0 Å². The van der Waals surface area contributed by atoms with E-state index in [0.29, 0.717) is 17.1 Å². The Morgan fingerprint density at radius 1 is 1.22 bits per heavy atom. The summed E-state index contributed by atoms with van der Waals surface area (Å²) in [4.78, 5) is 11.9. The number of hydrogen-bond acceptors (Lipinski definition) is 4. The molecule has 3 rings (SSSR count). The van der Waals surface area contributed by atoms with E-state index in [0.717, 1.165) is 5.56 Å². The predicted molar refractivity (Wildman–Crippen MR) is 87.7 cm³/mol. The normalized spacial score (nSPS) is 11.3. The van der Waals surface area contributed by atoms with Crippen molar-refractivity contribution in [2.24, 2.45) is 5.10 Å². The van der Waals surface area contributed by atoms with Gasteiger partial charge >= 0.3 is 0 Å². The zero-order valence-electron chi connectivity index (χ0n) is 12.1. The van der Waals surface area contributed by atoms with Gasteiger partial charge in [-0.25, -0.2) is 5.43 Å². The summed E-state index contributed by atoms with van der Waals surface area (Å²) in [5.74, 6) is 0.353. The van der Waals surface area contributed by atoms with Crippen molar-refractivity contribution in [1.82, 2.24) is 15.6 Å². The van der Waals surface area contributed by atoms with E-state index in [1.807, 2.05) is 36.4 Å². The molecule has 0 fully saturated rings. The van der Waals surface area contributed by atoms with Gasteiger partial charge in [0.1, 0.15) is 11.5 Å². The van der Waals surface area contributed by atoms with Gasteiger partial charge in [-0.2, -0.15) is 10.2 Å². The highest BCUT2D eigenvalue weighted by atomic mass is 16.3. The fourth-order valence-electron chi connectivity index (χ4n) is 1.92. The van der Waals surface area contributed by atoms with Gasteiger partial charge in [0.05, 0.1) is 12.0 Å². The van der Waals surface area contributed by atoms with Crippen LogP contribution in [0.1, 0.15) is 16.2 Å². The van der Waals surface area contributed by atoms with Crippen molar-refractivity contribution < 1.29 is 9.21 Å². The lowest BCUT2D eigenvalue weighted by molar-refractivity contribution is 0.0950. The molecule has 0 aliphatic carbocycles. The molecule has 23 heavy (non-hydrogen) atoms. The van der Waals surface area contributed by atoms with Crippen LogP contribution in [0, 0.1) is 0 Å². The number of nitrogens with one attached hydrogen (secondary N) is 2. The van der Waals surface area contributed by atoms with Crippen molar-refractivity contribution >= 4 is 18.2 Å². The zero-order valence-corrected chi connectivity index (χ0v) is 12.1. The van der Waals surface area contributed by atoms with Gasteiger partial charge in [0.25, 0.3) is 5.91 Å². The minimum absolute atomic E-state index is 0.344. The molecule has 0 atom stereocenters. The number of aromatic nitrogens is 2. The van der Waals surface area contributed by atoms with Crippen molar-refractivity contribution in [3.8, 4) is 11.3 Å². The smallest absolute Gasteiger partial charge is 0.289 e. The summed E-state index contributed by atoms with van der Waals surface area (Å²) in [6.45, 7) is 0. The summed E-state index contributed by atoms with van der Waals surface area (Å²) in [6.07, 6.45) is 6.46. The number of hydrogen-bond donors (Lipinski definition) is 2. The Morgan fingerprint density at radius 3 is 2.87 bits per heavy atom. The summed E-state index contributed by atoms with van der Waals surface area (Å²) in [7, 11) is 0. The molecule has 6 nitrogen and oxygen atoms in total. The number of aromatic amines is 1. The highest BCUT2D eigenvalue weighted by Gasteiger charge is 2.09. The molecule has 3 aromatic rings. The van der Waals surface area contributed by atoms with E-state index in [-0.39, 0.29) is 5.91 Å². The number of rotatable bonds is 5. The van der Waals surface area contributed by atoms with Crippen LogP contribution in [0.4, 0.5) is 0 Å². The van der Waals surface area contributed by atoms with Gasteiger partial charge in [-0.1, -0.05) is 30.3 Å². The van der Waals surface area contributed by atoms with E-state index >= 15 is 0 Å². The van der Waals surface area contributed by atoms with Crippen LogP contribution in [-0.4, -0.2) is 22.3 Å². The molecule has 1 amide bonds. The molecular formula is C17H14N4O2. The molecule has 2 heterocycles. The quantitative estimate of drug-likeness (QED) is 0.561. The second-order valence-corrected chi connectivity index (χ2v) is 4.63. The minimum atomic E-state index is -0.359. The van der Waals surface area contributed by atoms with E-state index < -0.39 is 0 Å². The van der Waals surface area contributed by atoms with Crippen LogP contribution < -0.4 is 5.43 Å². The first-order valence-electron chi connectivity index (χ1n) is 6.97. The van der Waals surface area contributed by atoms with Crippen LogP contribution in [0.2, 0.25) is 0 Å². The molecule has 2 aromatic heterocycles. The topological polar surface area (TPSA) is 83.3 Å². The standard InChI is InChI=1S/C17H14N4O2/c22-17(21-18-10-4-8-14-9-5-11-23-14)16-12-15(19-20-16)13-6-2-1-3-7-13/h1-12H,(H,19,20)(H,21,22)/b8-4-,18-10?. The largest absolute Gasteiger partial charge is 0.465 e. The lowest BCUT2D eigenvalue weighted by atomic mass is 10.1. The molecule has 0 spiro atoms. The number of benzene rings is 1. The van der Waals surface area contributed by atoms with Crippen molar-refractivity contribution in [2.75, 3.05) is 0 Å². The maximum absolute atomic E-state index is 11.9. The number of allylic oxidation sites excluding steroid dienone is 1. The van der Waals surface area contributed by atoms with Gasteiger partial charge in [-0.3, -0.25) is 9.89 Å². The van der Waals surface area contributed by atoms with Gasteiger partial charge < -0.3 is 4.42 Å². The lowest BCUT2D eigenvalue weighted by Gasteiger charge is -1.94. The number of carbonyl (C=O) groups excluding carboxylic acids is 1. The zero-order chi connectivity index (χ0) is 15.9. The Bertz CT molecular complexity index is 817. The van der Waals surface area contributed by atoms with E-state index in [1.165, 1.54) is 6.21 Å². The van der Waals surface area contributed by atoms with Gasteiger partial charge in [-0.15, -0.1) is 0 Å². The molecule has 6 heteroatoms. The Balaban J connectivity index is 1.57. The monoisotopic (exact) mass is 306 g/mol. The van der Waals surface area contributed by atoms with E-state index in [1.54, 1.807) is 30.5 Å². The summed E-state index contributed by atoms with van der Waals surface area (Å²) in [5.41, 5.74) is 4.41. The molecule has 0 saturated heterocycles. The summed E-state index contributed by atoms with van der Waals surface area (Å²) in [6, 6.07) is 14.9. The number of furan rings is 1. The minimum Gasteiger partial charge on any atom is -0.465 e. The third kappa shape index (κ3) is 3.82. The van der Waals surface area contributed by atoms with Gasteiger partial charge in [-0.05, 0) is 30.4 Å². The Hall–Kier alpha value is -3.41. The number of amides is 1. The van der Waals surface area contributed by atoms with Crippen LogP contribution >= 0.6 is 0 Å². The van der Waals surface area contributed by atoms with Crippen molar-refractivity contribution in [2.45, 2.75) is 0 Å². The highest BCUT2D eigenvalue weighted by molar-refractivity contribution is 5.93. The molecule has 0 unspecified atom stereocenters. The summed E-state index contributed by atoms with van der Waals surface area (Å²) >= 11 is 0. The predicted octanol–water partition coefficient (Wildman–Crippen LogP) is 3.10. The van der Waals surface area contributed by atoms with Crippen LogP contribution in [0.15, 0.2) is 70.4 Å². The second-order valence-electron chi connectivity index (χ2n) is 4.63. The molecule has 0 aliphatic rings. The number of carbonyl (C=O) groups is 1. The SMILES string of the molecule is O=C(NN=C/C=C\c1ccco1)c1cc(-c2ccccc2)n[nH]1. The average Bonchev–Trinajstić information content (AvgIpc) is 3.27.